The molecule has 3 unspecified atom stereocenters. The van der Waals surface area contributed by atoms with E-state index in [4.69, 9.17) is 0 Å². The lowest BCUT2D eigenvalue weighted by Crippen LogP contribution is -2.37. The van der Waals surface area contributed by atoms with Crippen molar-refractivity contribution in [3.05, 3.63) is 35.9 Å². The van der Waals surface area contributed by atoms with Crippen molar-refractivity contribution < 1.29 is 0 Å². The van der Waals surface area contributed by atoms with Gasteiger partial charge in [-0.2, -0.15) is 0 Å². The number of hydrogen-bond acceptors (Lipinski definition) is 1. The highest BCUT2D eigenvalue weighted by Gasteiger charge is 2.28. The van der Waals surface area contributed by atoms with Crippen LogP contribution >= 0.6 is 0 Å². The maximum Gasteiger partial charge on any atom is 0.00926 e. The van der Waals surface area contributed by atoms with Crippen LogP contribution in [0.5, 0.6) is 0 Å². The van der Waals surface area contributed by atoms with Gasteiger partial charge in [-0.15, -0.1) is 0 Å². The Morgan fingerprint density at radius 1 is 1.19 bits per heavy atom. The van der Waals surface area contributed by atoms with E-state index in [2.05, 4.69) is 49.6 Å². The number of hydrogen-bond donors (Lipinski definition) is 1. The second-order valence-electron chi connectivity index (χ2n) is 4.98. The van der Waals surface area contributed by atoms with E-state index in [1.54, 1.807) is 0 Å². The lowest BCUT2D eigenvalue weighted by Gasteiger charge is -2.35. The summed E-state index contributed by atoms with van der Waals surface area (Å²) in [4.78, 5) is 0. The van der Waals surface area contributed by atoms with Crippen LogP contribution in [0.3, 0.4) is 0 Å². The zero-order chi connectivity index (χ0) is 11.4. The van der Waals surface area contributed by atoms with Gasteiger partial charge in [0.25, 0.3) is 0 Å². The Bertz CT molecular complexity index is 306. The number of nitrogens with one attached hydrogen (secondary N) is 1. The van der Waals surface area contributed by atoms with Crippen LogP contribution in [-0.4, -0.2) is 13.1 Å². The van der Waals surface area contributed by atoms with Crippen LogP contribution in [0.25, 0.3) is 0 Å². The molecule has 0 aromatic heterocycles. The van der Waals surface area contributed by atoms with E-state index in [9.17, 15) is 0 Å². The van der Waals surface area contributed by atoms with Gasteiger partial charge in [-0.3, -0.25) is 0 Å². The molecular weight excluding hydrogens is 194 g/mol. The van der Waals surface area contributed by atoms with Crippen molar-refractivity contribution >= 4 is 0 Å². The summed E-state index contributed by atoms with van der Waals surface area (Å²) >= 11 is 0. The van der Waals surface area contributed by atoms with Gasteiger partial charge in [0.2, 0.25) is 0 Å². The van der Waals surface area contributed by atoms with Crippen LogP contribution in [0.1, 0.15) is 44.1 Å². The third-order valence-electron chi connectivity index (χ3n) is 4.15. The van der Waals surface area contributed by atoms with E-state index in [1.165, 1.54) is 31.2 Å². The fourth-order valence-corrected chi connectivity index (χ4v) is 3.12. The lowest BCUT2D eigenvalue weighted by atomic mass is 9.74. The van der Waals surface area contributed by atoms with E-state index in [1.807, 2.05) is 0 Å². The molecule has 1 aromatic carbocycles. The molecule has 0 aliphatic heterocycles. The van der Waals surface area contributed by atoms with Crippen LogP contribution in [-0.2, 0) is 0 Å². The van der Waals surface area contributed by atoms with Gasteiger partial charge in [0.05, 0.1) is 0 Å². The fourth-order valence-electron chi connectivity index (χ4n) is 3.12. The van der Waals surface area contributed by atoms with E-state index in [-0.39, 0.29) is 0 Å². The van der Waals surface area contributed by atoms with Gasteiger partial charge in [0.1, 0.15) is 0 Å². The molecule has 0 spiro atoms. The van der Waals surface area contributed by atoms with Crippen molar-refractivity contribution in [3.63, 3.8) is 0 Å². The highest BCUT2D eigenvalue weighted by molar-refractivity contribution is 5.20. The summed E-state index contributed by atoms with van der Waals surface area (Å²) < 4.78 is 0. The van der Waals surface area contributed by atoms with Crippen molar-refractivity contribution in [2.24, 2.45) is 5.92 Å². The molecule has 0 heterocycles. The molecule has 0 bridgehead atoms. The molecule has 1 aliphatic rings. The van der Waals surface area contributed by atoms with Crippen LogP contribution < -0.4 is 5.32 Å². The van der Waals surface area contributed by atoms with Crippen LogP contribution in [0.4, 0.5) is 0 Å². The summed E-state index contributed by atoms with van der Waals surface area (Å²) in [5, 5.41) is 3.48. The average molecular weight is 217 g/mol. The zero-order valence-electron chi connectivity index (χ0n) is 10.4. The first-order chi connectivity index (χ1) is 7.85. The first-order valence-electron chi connectivity index (χ1n) is 6.57. The SMILES string of the molecule is CCC1CC(c2ccccc2)CCC1NC. The minimum Gasteiger partial charge on any atom is -0.317 e. The predicted octanol–water partition coefficient (Wildman–Crippen LogP) is 3.57. The molecule has 2 rings (SSSR count). The Kier molecular flexibility index (Phi) is 4.00. The van der Waals surface area contributed by atoms with Gasteiger partial charge in [0.15, 0.2) is 0 Å². The standard InChI is InChI=1S/C15H23N/c1-3-12-11-14(9-10-15(12)16-2)13-7-5-4-6-8-13/h4-8,12,14-16H,3,9-11H2,1-2H3. The summed E-state index contributed by atoms with van der Waals surface area (Å²) in [5.74, 6) is 1.64. The third-order valence-corrected chi connectivity index (χ3v) is 4.15. The largest absolute Gasteiger partial charge is 0.317 e. The summed E-state index contributed by atoms with van der Waals surface area (Å²) in [6.45, 7) is 2.32. The minimum absolute atomic E-state index is 0.741. The molecule has 1 N–H and O–H groups in total. The van der Waals surface area contributed by atoms with Gasteiger partial charge in [0, 0.05) is 6.04 Å². The van der Waals surface area contributed by atoms with Gasteiger partial charge in [-0.05, 0) is 43.7 Å². The molecule has 0 saturated heterocycles. The molecule has 1 aliphatic carbocycles. The van der Waals surface area contributed by atoms with E-state index in [0.717, 1.165) is 17.9 Å². The molecule has 1 aromatic rings. The normalized spacial score (nSPS) is 30.2. The molecule has 16 heavy (non-hydrogen) atoms. The monoisotopic (exact) mass is 217 g/mol. The Morgan fingerprint density at radius 3 is 2.56 bits per heavy atom. The molecule has 1 saturated carbocycles. The van der Waals surface area contributed by atoms with E-state index >= 15 is 0 Å². The summed E-state index contributed by atoms with van der Waals surface area (Å²) in [7, 11) is 2.11. The Balaban J connectivity index is 2.05. The molecule has 0 radical (unpaired) electrons. The van der Waals surface area contributed by atoms with Gasteiger partial charge < -0.3 is 5.32 Å². The second-order valence-corrected chi connectivity index (χ2v) is 4.98. The molecule has 1 nitrogen and oxygen atoms in total. The minimum atomic E-state index is 0.741. The Hall–Kier alpha value is -0.820. The van der Waals surface area contributed by atoms with Crippen molar-refractivity contribution in [3.8, 4) is 0 Å². The van der Waals surface area contributed by atoms with Crippen molar-refractivity contribution in [2.75, 3.05) is 7.05 Å². The maximum atomic E-state index is 3.48. The second kappa shape index (κ2) is 5.49. The number of benzene rings is 1. The van der Waals surface area contributed by atoms with Crippen LogP contribution in [0, 0.1) is 5.92 Å². The maximum absolute atomic E-state index is 3.48. The lowest BCUT2D eigenvalue weighted by molar-refractivity contribution is 0.243. The molecule has 3 atom stereocenters. The van der Waals surface area contributed by atoms with Gasteiger partial charge in [-0.25, -0.2) is 0 Å². The van der Waals surface area contributed by atoms with Crippen molar-refractivity contribution in [1.29, 1.82) is 0 Å². The molecule has 1 fully saturated rings. The first-order valence-corrected chi connectivity index (χ1v) is 6.57. The highest BCUT2D eigenvalue weighted by atomic mass is 14.9. The Morgan fingerprint density at radius 2 is 1.94 bits per heavy atom. The van der Waals surface area contributed by atoms with Crippen LogP contribution in [0.15, 0.2) is 30.3 Å². The number of rotatable bonds is 3. The van der Waals surface area contributed by atoms with Gasteiger partial charge >= 0.3 is 0 Å². The summed E-state index contributed by atoms with van der Waals surface area (Å²) in [6.07, 6.45) is 5.32. The van der Waals surface area contributed by atoms with Gasteiger partial charge in [-0.1, -0.05) is 43.7 Å². The molecule has 1 heteroatoms. The highest BCUT2D eigenvalue weighted by Crippen LogP contribution is 2.37. The topological polar surface area (TPSA) is 12.0 Å². The summed E-state index contributed by atoms with van der Waals surface area (Å²) in [6, 6.07) is 11.8. The zero-order valence-corrected chi connectivity index (χ0v) is 10.4. The van der Waals surface area contributed by atoms with E-state index in [0.29, 0.717) is 0 Å². The first kappa shape index (κ1) is 11.7. The fraction of sp³-hybridized carbons (Fsp3) is 0.600. The Labute approximate surface area is 99.3 Å². The summed E-state index contributed by atoms with van der Waals surface area (Å²) in [5.41, 5.74) is 1.54. The van der Waals surface area contributed by atoms with Crippen LogP contribution in [0.2, 0.25) is 0 Å². The average Bonchev–Trinajstić information content (AvgIpc) is 2.39. The van der Waals surface area contributed by atoms with Crippen molar-refractivity contribution in [1.82, 2.24) is 5.32 Å². The molecule has 88 valence electrons. The quantitative estimate of drug-likeness (QED) is 0.816. The molecular formula is C15H23N. The van der Waals surface area contributed by atoms with E-state index < -0.39 is 0 Å². The van der Waals surface area contributed by atoms with Crippen molar-refractivity contribution in [2.45, 2.75) is 44.6 Å². The molecule has 0 amide bonds. The predicted molar refractivity (Wildman–Crippen MR) is 69.7 cm³/mol. The smallest absolute Gasteiger partial charge is 0.00926 e. The third kappa shape index (κ3) is 2.46.